The van der Waals surface area contributed by atoms with Crippen LogP contribution in [0, 0.1) is 0 Å². The van der Waals surface area contributed by atoms with Crippen molar-refractivity contribution in [3.63, 3.8) is 0 Å². The van der Waals surface area contributed by atoms with Crippen molar-refractivity contribution >= 4 is 26.9 Å². The van der Waals surface area contributed by atoms with Gasteiger partial charge in [0.1, 0.15) is 0 Å². The minimum Gasteiger partial charge on any atom is -0.361 e. The molecule has 3 rings (SSSR count). The average molecular weight is 400 g/mol. The summed E-state index contributed by atoms with van der Waals surface area (Å²) >= 11 is 0. The summed E-state index contributed by atoms with van der Waals surface area (Å²) in [5, 5.41) is 12.9. The van der Waals surface area contributed by atoms with Crippen LogP contribution in [0.1, 0.15) is 18.1 Å². The number of rotatable bonds is 7. The number of aliphatic imine (C=N–C) groups is 1. The van der Waals surface area contributed by atoms with Gasteiger partial charge in [-0.1, -0.05) is 30.3 Å². The molecule has 2 aromatic carbocycles. The van der Waals surface area contributed by atoms with Crippen LogP contribution in [0.5, 0.6) is 0 Å². The maximum atomic E-state index is 11.5. The quantitative estimate of drug-likeness (QED) is 0.360. The first-order valence-electron chi connectivity index (χ1n) is 9.16. The van der Waals surface area contributed by atoms with Crippen molar-refractivity contribution < 1.29 is 8.42 Å². The minimum atomic E-state index is -3.71. The Morgan fingerprint density at radius 1 is 1.14 bits per heavy atom. The number of nitrogens with zero attached hydrogens (tertiary/aromatic N) is 1. The van der Waals surface area contributed by atoms with Crippen LogP contribution >= 0.6 is 0 Å². The van der Waals surface area contributed by atoms with Crippen molar-refractivity contribution in [2.45, 2.75) is 24.8 Å². The van der Waals surface area contributed by atoms with E-state index in [1.807, 2.05) is 31.3 Å². The van der Waals surface area contributed by atoms with Crippen LogP contribution in [0.25, 0.3) is 10.9 Å². The maximum absolute atomic E-state index is 11.5. The van der Waals surface area contributed by atoms with Gasteiger partial charge in [0, 0.05) is 30.2 Å². The van der Waals surface area contributed by atoms with Crippen molar-refractivity contribution in [1.29, 1.82) is 0 Å². The summed E-state index contributed by atoms with van der Waals surface area (Å²) in [6.07, 6.45) is 2.89. The second kappa shape index (κ2) is 8.90. The summed E-state index contributed by atoms with van der Waals surface area (Å²) in [4.78, 5) is 7.92. The Morgan fingerprint density at radius 2 is 1.96 bits per heavy atom. The Labute approximate surface area is 165 Å². The zero-order valence-corrected chi connectivity index (χ0v) is 16.6. The number of fused-ring (bicyclic) bond motifs is 1. The standard InChI is InChI=1S/C20H25N5O2S/c1-2-22-20(25-13-15-6-5-7-17(12-15)28(21,26)27)23-11-10-16-14-24-19-9-4-3-8-18(16)19/h3-9,12,14,24H,2,10-11,13H2,1H3,(H2,21,26,27)(H2,22,23,25). The molecule has 28 heavy (non-hydrogen) atoms. The van der Waals surface area contributed by atoms with Crippen molar-refractivity contribution in [3.05, 3.63) is 65.9 Å². The third-order valence-electron chi connectivity index (χ3n) is 4.35. The van der Waals surface area contributed by atoms with Crippen LogP contribution in [-0.4, -0.2) is 32.5 Å². The second-order valence-electron chi connectivity index (χ2n) is 6.42. The normalized spacial score (nSPS) is 12.3. The van der Waals surface area contributed by atoms with E-state index >= 15 is 0 Å². The fourth-order valence-electron chi connectivity index (χ4n) is 2.99. The molecule has 7 nitrogen and oxygen atoms in total. The predicted molar refractivity (Wildman–Crippen MR) is 113 cm³/mol. The summed E-state index contributed by atoms with van der Waals surface area (Å²) in [5.74, 6) is 0.684. The first kappa shape index (κ1) is 19.9. The van der Waals surface area contributed by atoms with Crippen LogP contribution in [-0.2, 0) is 23.0 Å². The van der Waals surface area contributed by atoms with Crippen LogP contribution < -0.4 is 15.8 Å². The largest absolute Gasteiger partial charge is 0.361 e. The molecule has 0 fully saturated rings. The number of hydrogen-bond donors (Lipinski definition) is 4. The fraction of sp³-hybridized carbons (Fsp3) is 0.250. The first-order chi connectivity index (χ1) is 13.5. The van der Waals surface area contributed by atoms with E-state index in [-0.39, 0.29) is 4.90 Å². The molecule has 148 valence electrons. The molecular formula is C20H25N5O2S. The smallest absolute Gasteiger partial charge is 0.238 e. The van der Waals surface area contributed by atoms with Crippen LogP contribution in [0.3, 0.4) is 0 Å². The summed E-state index contributed by atoms with van der Waals surface area (Å²) in [6, 6.07) is 14.7. The topological polar surface area (TPSA) is 112 Å². The third-order valence-corrected chi connectivity index (χ3v) is 5.26. The van der Waals surface area contributed by atoms with E-state index in [9.17, 15) is 8.42 Å². The fourth-order valence-corrected chi connectivity index (χ4v) is 3.57. The molecule has 0 radical (unpaired) electrons. The number of benzene rings is 2. The number of nitrogens with two attached hydrogens (primary N) is 1. The van der Waals surface area contributed by atoms with Gasteiger partial charge >= 0.3 is 0 Å². The monoisotopic (exact) mass is 399 g/mol. The Bertz CT molecular complexity index is 1070. The van der Waals surface area contributed by atoms with Gasteiger partial charge in [0.05, 0.1) is 11.4 Å². The molecule has 0 spiro atoms. The molecule has 0 amide bonds. The third kappa shape index (κ3) is 5.11. The summed E-state index contributed by atoms with van der Waals surface area (Å²) in [7, 11) is -3.71. The Kier molecular flexibility index (Phi) is 6.33. The zero-order valence-electron chi connectivity index (χ0n) is 15.8. The van der Waals surface area contributed by atoms with Gasteiger partial charge in [0.2, 0.25) is 10.0 Å². The highest BCUT2D eigenvalue weighted by Gasteiger charge is 2.08. The maximum Gasteiger partial charge on any atom is 0.238 e. The van der Waals surface area contributed by atoms with Gasteiger partial charge < -0.3 is 15.6 Å². The van der Waals surface area contributed by atoms with E-state index in [2.05, 4.69) is 32.7 Å². The van der Waals surface area contributed by atoms with Crippen LogP contribution in [0.15, 0.2) is 64.6 Å². The molecule has 1 heterocycles. The Hall–Kier alpha value is -2.84. The highest BCUT2D eigenvalue weighted by molar-refractivity contribution is 7.89. The molecule has 1 aromatic heterocycles. The SMILES string of the molecule is CCNC(=NCc1cccc(S(N)(=O)=O)c1)NCCc1c[nH]c2ccccc12. The molecular weight excluding hydrogens is 374 g/mol. The zero-order chi connectivity index (χ0) is 20.0. The summed E-state index contributed by atoms with van der Waals surface area (Å²) < 4.78 is 23.0. The van der Waals surface area contributed by atoms with E-state index < -0.39 is 10.0 Å². The average Bonchev–Trinajstić information content (AvgIpc) is 3.09. The van der Waals surface area contributed by atoms with Crippen molar-refractivity contribution in [2.24, 2.45) is 10.1 Å². The first-order valence-corrected chi connectivity index (χ1v) is 10.7. The van der Waals surface area contributed by atoms with Gasteiger partial charge in [-0.3, -0.25) is 0 Å². The lowest BCUT2D eigenvalue weighted by molar-refractivity contribution is 0.597. The molecule has 0 saturated carbocycles. The number of aromatic nitrogens is 1. The number of aromatic amines is 1. The van der Waals surface area contributed by atoms with Crippen LogP contribution in [0.4, 0.5) is 0 Å². The van der Waals surface area contributed by atoms with Gasteiger partial charge in [-0.2, -0.15) is 0 Å². The summed E-state index contributed by atoms with van der Waals surface area (Å²) in [6.45, 7) is 3.81. The lowest BCUT2D eigenvalue weighted by atomic mass is 10.1. The van der Waals surface area contributed by atoms with Crippen LogP contribution in [0.2, 0.25) is 0 Å². The van der Waals surface area contributed by atoms with Gasteiger partial charge in [-0.15, -0.1) is 0 Å². The number of guanidine groups is 1. The Morgan fingerprint density at radius 3 is 2.75 bits per heavy atom. The molecule has 3 aromatic rings. The lowest BCUT2D eigenvalue weighted by Crippen LogP contribution is -2.38. The van der Waals surface area contributed by atoms with E-state index in [0.29, 0.717) is 12.5 Å². The number of para-hydroxylation sites is 1. The number of nitrogens with one attached hydrogen (secondary N) is 3. The second-order valence-corrected chi connectivity index (χ2v) is 7.99. The van der Waals surface area contributed by atoms with E-state index in [1.165, 1.54) is 17.0 Å². The highest BCUT2D eigenvalue weighted by Crippen LogP contribution is 2.17. The molecule has 0 atom stereocenters. The van der Waals surface area contributed by atoms with Gasteiger partial charge in [-0.25, -0.2) is 18.5 Å². The number of H-pyrrole nitrogens is 1. The molecule has 0 aliphatic heterocycles. The minimum absolute atomic E-state index is 0.0949. The lowest BCUT2D eigenvalue weighted by Gasteiger charge is -2.11. The molecule has 0 unspecified atom stereocenters. The molecule has 0 aliphatic carbocycles. The van der Waals surface area contributed by atoms with Crippen molar-refractivity contribution in [1.82, 2.24) is 15.6 Å². The Balaban J connectivity index is 1.63. The molecule has 0 bridgehead atoms. The molecule has 0 saturated heterocycles. The predicted octanol–water partition coefficient (Wildman–Crippen LogP) is 2.11. The van der Waals surface area contributed by atoms with E-state index in [1.54, 1.807) is 12.1 Å². The molecule has 8 heteroatoms. The van der Waals surface area contributed by atoms with E-state index in [4.69, 9.17) is 5.14 Å². The van der Waals surface area contributed by atoms with E-state index in [0.717, 1.165) is 30.6 Å². The number of hydrogen-bond acceptors (Lipinski definition) is 3. The van der Waals surface area contributed by atoms with Gasteiger partial charge in [-0.05, 0) is 42.7 Å². The summed E-state index contributed by atoms with van der Waals surface area (Å²) in [5.41, 5.74) is 3.16. The highest BCUT2D eigenvalue weighted by atomic mass is 32.2. The molecule has 5 N–H and O–H groups in total. The number of primary sulfonamides is 1. The van der Waals surface area contributed by atoms with Gasteiger partial charge in [0.25, 0.3) is 0 Å². The van der Waals surface area contributed by atoms with Crippen molar-refractivity contribution in [2.75, 3.05) is 13.1 Å². The van der Waals surface area contributed by atoms with Gasteiger partial charge in [0.15, 0.2) is 5.96 Å². The van der Waals surface area contributed by atoms with Crippen molar-refractivity contribution in [3.8, 4) is 0 Å². The molecule has 0 aliphatic rings. The number of sulfonamides is 1.